The second kappa shape index (κ2) is 13.2. The Bertz CT molecular complexity index is 934. The molecule has 1 aromatic carbocycles. The minimum atomic E-state index is 0.150. The molecule has 3 nitrogen and oxygen atoms in total. The predicted molar refractivity (Wildman–Crippen MR) is 136 cm³/mol. The van der Waals surface area contributed by atoms with Gasteiger partial charge in [-0.25, -0.2) is 15.0 Å². The highest BCUT2D eigenvalue weighted by Crippen LogP contribution is 2.32. The molecule has 0 aliphatic heterocycles. The Morgan fingerprint density at radius 3 is 2.03 bits per heavy atom. The van der Waals surface area contributed by atoms with Gasteiger partial charge in [-0.2, -0.15) is 0 Å². The van der Waals surface area contributed by atoms with Gasteiger partial charge in [0.15, 0.2) is 0 Å². The van der Waals surface area contributed by atoms with Gasteiger partial charge in [-0.3, -0.25) is 0 Å². The minimum absolute atomic E-state index is 0.150. The summed E-state index contributed by atoms with van der Waals surface area (Å²) < 4.78 is 0. The van der Waals surface area contributed by atoms with Gasteiger partial charge in [0.1, 0.15) is 10.3 Å². The van der Waals surface area contributed by atoms with E-state index in [1.807, 2.05) is 45.2 Å². The molecule has 0 N–H and O–H groups in total. The molecule has 0 fully saturated rings. The zero-order valence-corrected chi connectivity index (χ0v) is 21.2. The summed E-state index contributed by atoms with van der Waals surface area (Å²) in [6.45, 7) is 16.8. The van der Waals surface area contributed by atoms with E-state index in [0.717, 1.165) is 15.4 Å². The number of thiazole rings is 2. The van der Waals surface area contributed by atoms with Gasteiger partial charge in [0.05, 0.1) is 14.9 Å². The molecule has 0 unspecified atom stereocenters. The maximum absolute atomic E-state index is 4.48. The second-order valence-corrected chi connectivity index (χ2v) is 9.63. The fourth-order valence-corrected chi connectivity index (χ4v) is 3.97. The summed E-state index contributed by atoms with van der Waals surface area (Å²) in [7, 11) is 0. The van der Waals surface area contributed by atoms with Crippen molar-refractivity contribution in [2.75, 3.05) is 0 Å². The van der Waals surface area contributed by atoms with E-state index >= 15 is 0 Å². The number of nitrogens with zero attached hydrogens (tertiary/aromatic N) is 3. The van der Waals surface area contributed by atoms with Gasteiger partial charge in [0.2, 0.25) is 0 Å². The molecule has 4 rings (SSSR count). The fraction of sp³-hybridized carbons (Fsp3) is 0.400. The Morgan fingerprint density at radius 1 is 0.867 bits per heavy atom. The van der Waals surface area contributed by atoms with Crippen molar-refractivity contribution < 1.29 is 0 Å². The molecule has 0 amide bonds. The summed E-state index contributed by atoms with van der Waals surface area (Å²) in [5.41, 5.74) is 2.41. The van der Waals surface area contributed by atoms with Crippen molar-refractivity contribution in [3.63, 3.8) is 0 Å². The van der Waals surface area contributed by atoms with E-state index in [1.54, 1.807) is 28.9 Å². The zero-order valence-electron chi connectivity index (χ0n) is 19.6. The molecule has 0 saturated carbocycles. The van der Waals surface area contributed by atoms with Gasteiger partial charge in [0, 0.05) is 17.8 Å². The SMILES string of the molecule is CC.CC(C)(C)c1ncc(-c2ccccc2)s1.CCC.Cc1nc2cccnc2s1. The standard InChI is InChI=1S/C13H15NS.C7H6N2S.C3H8.C2H6/c1-13(2,3)12-14-9-11(15-12)10-7-5-4-6-8-10;1-5-9-6-3-2-4-8-7(6)10-5;1-3-2;1-2/h4-9H,1-3H3;2-4H,1H3;3H2,1-2H3;1-2H3. The average molecular weight is 442 g/mol. The number of hydrogen-bond donors (Lipinski definition) is 0. The summed E-state index contributed by atoms with van der Waals surface area (Å²) in [6, 6.07) is 14.3. The third-order valence-electron chi connectivity index (χ3n) is 3.48. The van der Waals surface area contributed by atoms with Gasteiger partial charge in [-0.15, -0.1) is 11.3 Å². The van der Waals surface area contributed by atoms with Crippen molar-refractivity contribution >= 4 is 33.0 Å². The molecule has 0 radical (unpaired) electrons. The second-order valence-electron chi connectivity index (χ2n) is 7.41. The van der Waals surface area contributed by atoms with Crippen molar-refractivity contribution in [1.82, 2.24) is 15.0 Å². The lowest BCUT2D eigenvalue weighted by Gasteiger charge is -2.13. The minimum Gasteiger partial charge on any atom is -0.248 e. The van der Waals surface area contributed by atoms with Crippen molar-refractivity contribution in [1.29, 1.82) is 0 Å². The van der Waals surface area contributed by atoms with E-state index in [-0.39, 0.29) is 5.41 Å². The van der Waals surface area contributed by atoms with Crippen molar-refractivity contribution in [2.45, 2.75) is 67.2 Å². The molecule has 5 heteroatoms. The number of benzene rings is 1. The van der Waals surface area contributed by atoms with Crippen LogP contribution in [-0.2, 0) is 5.41 Å². The first-order valence-electron chi connectivity index (χ1n) is 10.5. The highest BCUT2D eigenvalue weighted by Gasteiger charge is 2.18. The Morgan fingerprint density at radius 2 is 1.50 bits per heavy atom. The van der Waals surface area contributed by atoms with Gasteiger partial charge in [0.25, 0.3) is 0 Å². The van der Waals surface area contributed by atoms with Crippen LogP contribution in [0.4, 0.5) is 0 Å². The van der Waals surface area contributed by atoms with Gasteiger partial charge in [-0.1, -0.05) is 96.6 Å². The summed E-state index contributed by atoms with van der Waals surface area (Å²) in [5.74, 6) is 0. The molecule has 3 heterocycles. The summed E-state index contributed by atoms with van der Waals surface area (Å²) in [5, 5.41) is 2.27. The Labute approximate surface area is 190 Å². The molecule has 0 saturated heterocycles. The summed E-state index contributed by atoms with van der Waals surface area (Å²) >= 11 is 3.41. The molecule has 0 atom stereocenters. The Balaban J connectivity index is 0.000000259. The average Bonchev–Trinajstić information content (AvgIpc) is 3.37. The maximum atomic E-state index is 4.48. The van der Waals surface area contributed by atoms with Crippen LogP contribution in [0.3, 0.4) is 0 Å². The molecule has 4 aromatic rings. The molecule has 0 spiro atoms. The van der Waals surface area contributed by atoms with Gasteiger partial charge >= 0.3 is 0 Å². The van der Waals surface area contributed by atoms with Gasteiger partial charge in [-0.05, 0) is 24.6 Å². The number of rotatable bonds is 1. The maximum Gasteiger partial charge on any atom is 0.143 e. The van der Waals surface area contributed by atoms with E-state index in [0.29, 0.717) is 0 Å². The van der Waals surface area contributed by atoms with Crippen LogP contribution in [0.15, 0.2) is 54.9 Å². The van der Waals surface area contributed by atoms with Crippen molar-refractivity contribution in [2.24, 2.45) is 0 Å². The zero-order chi connectivity index (χ0) is 22.6. The van der Waals surface area contributed by atoms with Crippen LogP contribution in [0.1, 0.15) is 64.9 Å². The van der Waals surface area contributed by atoms with Crippen LogP contribution in [0.5, 0.6) is 0 Å². The predicted octanol–water partition coefficient (Wildman–Crippen LogP) is 8.55. The summed E-state index contributed by atoms with van der Waals surface area (Å²) in [4.78, 5) is 15.2. The molecule has 30 heavy (non-hydrogen) atoms. The van der Waals surface area contributed by atoms with Crippen molar-refractivity contribution in [3.05, 3.63) is 64.9 Å². The van der Waals surface area contributed by atoms with Crippen LogP contribution < -0.4 is 0 Å². The fourth-order valence-electron chi connectivity index (χ4n) is 2.24. The first kappa shape index (κ1) is 25.9. The molecule has 0 aliphatic carbocycles. The van der Waals surface area contributed by atoms with Crippen LogP contribution in [-0.4, -0.2) is 15.0 Å². The smallest absolute Gasteiger partial charge is 0.143 e. The lowest BCUT2D eigenvalue weighted by Crippen LogP contribution is -2.09. The number of fused-ring (bicyclic) bond motifs is 1. The quantitative estimate of drug-likeness (QED) is 0.297. The largest absolute Gasteiger partial charge is 0.248 e. The van der Waals surface area contributed by atoms with E-state index in [1.165, 1.54) is 21.9 Å². The molecule has 162 valence electrons. The third kappa shape index (κ3) is 8.33. The molecule has 3 aromatic heterocycles. The molecular weight excluding hydrogens is 406 g/mol. The first-order valence-corrected chi connectivity index (χ1v) is 12.2. The lowest BCUT2D eigenvalue weighted by molar-refractivity contribution is 0.585. The molecule has 0 aliphatic rings. The van der Waals surface area contributed by atoms with E-state index in [2.05, 4.69) is 73.8 Å². The first-order chi connectivity index (χ1) is 14.3. The molecule has 0 bridgehead atoms. The third-order valence-corrected chi connectivity index (χ3v) is 5.85. The van der Waals surface area contributed by atoms with E-state index in [9.17, 15) is 0 Å². The van der Waals surface area contributed by atoms with E-state index in [4.69, 9.17) is 0 Å². The Hall–Kier alpha value is -2.11. The number of hydrogen-bond acceptors (Lipinski definition) is 5. The highest BCUT2D eigenvalue weighted by atomic mass is 32.1. The summed E-state index contributed by atoms with van der Waals surface area (Å²) in [6.07, 6.45) is 5.01. The van der Waals surface area contributed by atoms with Gasteiger partial charge < -0.3 is 0 Å². The number of aromatic nitrogens is 3. The molecular formula is C25H35N3S2. The van der Waals surface area contributed by atoms with E-state index < -0.39 is 0 Å². The Kier molecular flexibility index (Phi) is 11.4. The van der Waals surface area contributed by atoms with Crippen LogP contribution in [0.2, 0.25) is 0 Å². The number of aryl methyl sites for hydroxylation is 1. The number of pyridine rings is 1. The van der Waals surface area contributed by atoms with Crippen LogP contribution in [0.25, 0.3) is 20.8 Å². The normalized spacial score (nSPS) is 10.1. The van der Waals surface area contributed by atoms with Crippen molar-refractivity contribution in [3.8, 4) is 10.4 Å². The van der Waals surface area contributed by atoms with Crippen LogP contribution >= 0.6 is 22.7 Å². The monoisotopic (exact) mass is 441 g/mol. The topological polar surface area (TPSA) is 38.7 Å². The van der Waals surface area contributed by atoms with Crippen LogP contribution in [0, 0.1) is 6.92 Å². The highest BCUT2D eigenvalue weighted by molar-refractivity contribution is 7.18. The lowest BCUT2D eigenvalue weighted by atomic mass is 9.98.